The number of halogens is 6. The lowest BCUT2D eigenvalue weighted by Crippen LogP contribution is -2.16. The van der Waals surface area contributed by atoms with E-state index < -0.39 is 35.1 Å². The zero-order valence-electron chi connectivity index (χ0n) is 14.6. The Morgan fingerprint density at radius 3 is 2.00 bits per heavy atom. The number of aryl methyl sites for hydroxylation is 2. The predicted molar refractivity (Wildman–Crippen MR) is 92.2 cm³/mol. The number of H-pyrrole nitrogens is 1. The number of aromatic nitrogens is 1. The summed E-state index contributed by atoms with van der Waals surface area (Å²) >= 11 is 0. The zero-order valence-corrected chi connectivity index (χ0v) is 14.6. The van der Waals surface area contributed by atoms with Gasteiger partial charge >= 0.3 is 12.4 Å². The first-order chi connectivity index (χ1) is 12.9. The summed E-state index contributed by atoms with van der Waals surface area (Å²) in [5.41, 5.74) is -1.42. The number of hydrogen-bond donors (Lipinski definition) is 2. The monoisotopic (exact) mass is 400 g/mol. The third-order valence-corrected chi connectivity index (χ3v) is 4.29. The lowest BCUT2D eigenvalue weighted by Gasteiger charge is -2.14. The number of carbonyl (C=O) groups excluding carboxylic acids is 1. The van der Waals surface area contributed by atoms with E-state index in [-0.39, 0.29) is 11.8 Å². The SMILES string of the molecule is Cc1ccc2[nH]c(C(=O)Nc3cc(C(F)(F)F)cc(C(F)(F)F)c3)c(C)c2c1. The van der Waals surface area contributed by atoms with Crippen LogP contribution in [-0.2, 0) is 12.4 Å². The molecule has 0 radical (unpaired) electrons. The summed E-state index contributed by atoms with van der Waals surface area (Å²) in [6, 6.07) is 6.31. The van der Waals surface area contributed by atoms with Crippen LogP contribution in [0.2, 0.25) is 0 Å². The van der Waals surface area contributed by atoms with Gasteiger partial charge in [-0.05, 0) is 49.7 Å². The fourth-order valence-electron chi connectivity index (χ4n) is 2.89. The van der Waals surface area contributed by atoms with Crippen LogP contribution >= 0.6 is 0 Å². The van der Waals surface area contributed by atoms with E-state index in [0.717, 1.165) is 10.9 Å². The first kappa shape index (κ1) is 19.8. The van der Waals surface area contributed by atoms with Gasteiger partial charge in [0.1, 0.15) is 5.69 Å². The lowest BCUT2D eigenvalue weighted by molar-refractivity contribution is -0.143. The maximum absolute atomic E-state index is 13.0. The normalized spacial score (nSPS) is 12.4. The average molecular weight is 400 g/mol. The minimum absolute atomic E-state index is 0.00657. The van der Waals surface area contributed by atoms with Gasteiger partial charge in [-0.1, -0.05) is 11.6 Å². The third-order valence-electron chi connectivity index (χ3n) is 4.29. The highest BCUT2D eigenvalue weighted by atomic mass is 19.4. The molecule has 28 heavy (non-hydrogen) atoms. The van der Waals surface area contributed by atoms with Crippen molar-refractivity contribution in [2.75, 3.05) is 5.32 Å². The molecule has 3 aromatic rings. The zero-order chi connectivity index (χ0) is 20.9. The first-order valence-corrected chi connectivity index (χ1v) is 8.06. The molecule has 0 aliphatic rings. The summed E-state index contributed by atoms with van der Waals surface area (Å²) in [5.74, 6) is -0.834. The van der Waals surface area contributed by atoms with Gasteiger partial charge < -0.3 is 10.3 Å². The largest absolute Gasteiger partial charge is 0.416 e. The van der Waals surface area contributed by atoms with Crippen LogP contribution in [0.4, 0.5) is 32.0 Å². The van der Waals surface area contributed by atoms with Crippen LogP contribution in [0.1, 0.15) is 32.7 Å². The van der Waals surface area contributed by atoms with Gasteiger partial charge in [-0.25, -0.2) is 0 Å². The van der Waals surface area contributed by atoms with Gasteiger partial charge in [0.2, 0.25) is 0 Å². The highest BCUT2D eigenvalue weighted by Gasteiger charge is 2.37. The second-order valence-electron chi connectivity index (χ2n) is 6.42. The van der Waals surface area contributed by atoms with E-state index in [2.05, 4.69) is 10.3 Å². The maximum Gasteiger partial charge on any atom is 0.416 e. The quantitative estimate of drug-likeness (QED) is 0.504. The molecule has 0 aliphatic carbocycles. The molecule has 0 bridgehead atoms. The fraction of sp³-hybridized carbons (Fsp3) is 0.211. The van der Waals surface area contributed by atoms with Gasteiger partial charge in [0.15, 0.2) is 0 Å². The summed E-state index contributed by atoms with van der Waals surface area (Å²) in [5, 5.41) is 2.87. The molecule has 0 spiro atoms. The average Bonchev–Trinajstić information content (AvgIpc) is 2.89. The summed E-state index contributed by atoms with van der Waals surface area (Å²) in [6.07, 6.45) is -9.98. The molecule has 1 amide bonds. The van der Waals surface area contributed by atoms with E-state index in [0.29, 0.717) is 23.2 Å². The van der Waals surface area contributed by atoms with E-state index in [9.17, 15) is 31.1 Å². The van der Waals surface area contributed by atoms with E-state index in [1.165, 1.54) is 0 Å². The van der Waals surface area contributed by atoms with E-state index in [1.807, 2.05) is 19.1 Å². The maximum atomic E-state index is 13.0. The van der Waals surface area contributed by atoms with Crippen LogP contribution < -0.4 is 5.32 Å². The van der Waals surface area contributed by atoms with Crippen molar-refractivity contribution < 1.29 is 31.1 Å². The molecule has 3 nitrogen and oxygen atoms in total. The summed E-state index contributed by atoms with van der Waals surface area (Å²) in [7, 11) is 0. The number of benzene rings is 2. The molecule has 0 saturated heterocycles. The van der Waals surface area contributed by atoms with Crippen LogP contribution in [-0.4, -0.2) is 10.9 Å². The number of nitrogens with one attached hydrogen (secondary N) is 2. The number of carbonyl (C=O) groups is 1. The van der Waals surface area contributed by atoms with E-state index in [4.69, 9.17) is 0 Å². The van der Waals surface area contributed by atoms with Gasteiger partial charge in [-0.2, -0.15) is 26.3 Å². The smallest absolute Gasteiger partial charge is 0.350 e. The van der Waals surface area contributed by atoms with Gasteiger partial charge in [0.25, 0.3) is 5.91 Å². The number of alkyl halides is 6. The Kier molecular flexibility index (Phi) is 4.64. The Morgan fingerprint density at radius 1 is 0.893 bits per heavy atom. The highest BCUT2D eigenvalue weighted by Crippen LogP contribution is 2.37. The lowest BCUT2D eigenvalue weighted by atomic mass is 10.1. The molecule has 9 heteroatoms. The minimum Gasteiger partial charge on any atom is -0.350 e. The molecule has 1 heterocycles. The number of hydrogen-bond acceptors (Lipinski definition) is 1. The Bertz CT molecular complexity index is 1030. The molecular formula is C19H14F6N2O. The Labute approximate surface area is 155 Å². The first-order valence-electron chi connectivity index (χ1n) is 8.06. The topological polar surface area (TPSA) is 44.9 Å². The molecule has 0 atom stereocenters. The number of amides is 1. The Balaban J connectivity index is 2.01. The molecule has 3 rings (SSSR count). The van der Waals surface area contributed by atoms with Gasteiger partial charge in [0, 0.05) is 16.6 Å². The van der Waals surface area contributed by atoms with Gasteiger partial charge in [0.05, 0.1) is 11.1 Å². The summed E-state index contributed by atoms with van der Waals surface area (Å²) in [4.78, 5) is 15.4. The van der Waals surface area contributed by atoms with Crippen molar-refractivity contribution in [1.29, 1.82) is 0 Å². The van der Waals surface area contributed by atoms with Crippen LogP contribution in [0, 0.1) is 13.8 Å². The van der Waals surface area contributed by atoms with Crippen LogP contribution in [0.25, 0.3) is 10.9 Å². The predicted octanol–water partition coefficient (Wildman–Crippen LogP) is 6.07. The van der Waals surface area contributed by atoms with Crippen molar-refractivity contribution >= 4 is 22.5 Å². The fourth-order valence-corrected chi connectivity index (χ4v) is 2.89. The Morgan fingerprint density at radius 2 is 1.46 bits per heavy atom. The summed E-state index contributed by atoms with van der Waals surface area (Å²) in [6.45, 7) is 3.49. The van der Waals surface area contributed by atoms with Crippen molar-refractivity contribution in [1.82, 2.24) is 4.98 Å². The molecule has 0 aliphatic heterocycles. The summed E-state index contributed by atoms with van der Waals surface area (Å²) < 4.78 is 77.7. The van der Waals surface area contributed by atoms with Crippen molar-refractivity contribution in [3.63, 3.8) is 0 Å². The molecule has 0 fully saturated rings. The van der Waals surface area contributed by atoms with Crippen LogP contribution in [0.5, 0.6) is 0 Å². The number of anilines is 1. The number of aromatic amines is 1. The van der Waals surface area contributed by atoms with Gasteiger partial charge in [-0.15, -0.1) is 0 Å². The molecule has 2 N–H and O–H groups in total. The highest BCUT2D eigenvalue weighted by molar-refractivity contribution is 6.08. The molecule has 2 aromatic carbocycles. The second kappa shape index (κ2) is 6.57. The molecule has 0 unspecified atom stereocenters. The molecule has 148 valence electrons. The van der Waals surface area contributed by atoms with Crippen molar-refractivity contribution in [2.45, 2.75) is 26.2 Å². The van der Waals surface area contributed by atoms with Crippen LogP contribution in [0.15, 0.2) is 36.4 Å². The number of fused-ring (bicyclic) bond motifs is 1. The second-order valence-corrected chi connectivity index (χ2v) is 6.42. The molecule has 0 saturated carbocycles. The van der Waals surface area contributed by atoms with Crippen molar-refractivity contribution in [2.24, 2.45) is 0 Å². The number of rotatable bonds is 2. The van der Waals surface area contributed by atoms with Gasteiger partial charge in [-0.3, -0.25) is 4.79 Å². The van der Waals surface area contributed by atoms with Crippen molar-refractivity contribution in [3.8, 4) is 0 Å². The Hall–Kier alpha value is -2.97. The standard InChI is InChI=1S/C19H14F6N2O/c1-9-3-4-15-14(5-9)10(2)16(27-15)17(28)26-13-7-11(18(20,21)22)6-12(8-13)19(23,24)25/h3-8,27H,1-2H3,(H,26,28). The van der Waals surface area contributed by atoms with E-state index in [1.54, 1.807) is 13.0 Å². The minimum atomic E-state index is -4.99. The third kappa shape index (κ3) is 3.83. The van der Waals surface area contributed by atoms with Crippen molar-refractivity contribution in [3.05, 3.63) is 64.3 Å². The molecule has 1 aromatic heterocycles. The van der Waals surface area contributed by atoms with E-state index >= 15 is 0 Å². The van der Waals surface area contributed by atoms with Crippen LogP contribution in [0.3, 0.4) is 0 Å². The molecular weight excluding hydrogens is 386 g/mol.